The van der Waals surface area contributed by atoms with E-state index in [1.54, 1.807) is 0 Å². The van der Waals surface area contributed by atoms with E-state index in [0.717, 1.165) is 18.9 Å². The molecular weight excluding hydrogens is 276 g/mol. The molecule has 0 saturated heterocycles. The van der Waals surface area contributed by atoms with Gasteiger partial charge in [-0.25, -0.2) is 0 Å². The Bertz CT molecular complexity index is 337. The molecule has 0 bridgehead atoms. The van der Waals surface area contributed by atoms with E-state index >= 15 is 0 Å². The average molecular weight is 303 g/mol. The van der Waals surface area contributed by atoms with Gasteiger partial charge in [-0.15, -0.1) is 11.3 Å². The van der Waals surface area contributed by atoms with Gasteiger partial charge in [0.05, 0.1) is 0 Å². The van der Waals surface area contributed by atoms with Crippen molar-refractivity contribution >= 4 is 20.1 Å². The summed E-state index contributed by atoms with van der Waals surface area (Å²) in [6.45, 7) is 10.1. The zero-order valence-corrected chi connectivity index (χ0v) is 14.3. The third kappa shape index (κ3) is 5.75. The van der Waals surface area contributed by atoms with Gasteiger partial charge >= 0.3 is 8.80 Å². The quantitative estimate of drug-likeness (QED) is 0.611. The number of hydrogen-bond acceptors (Lipinski definition) is 4. The lowest BCUT2D eigenvalue weighted by Gasteiger charge is -2.28. The van der Waals surface area contributed by atoms with Crippen molar-refractivity contribution in [2.75, 3.05) is 19.8 Å². The average Bonchev–Trinajstić information content (AvgIpc) is 2.76. The normalized spacial score (nSPS) is 12.0. The molecule has 0 N–H and O–H groups in total. The molecule has 19 heavy (non-hydrogen) atoms. The maximum Gasteiger partial charge on any atom is 0.500 e. The summed E-state index contributed by atoms with van der Waals surface area (Å²) in [5.74, 6) is 0. The van der Waals surface area contributed by atoms with E-state index in [2.05, 4.69) is 18.4 Å². The van der Waals surface area contributed by atoms with Crippen LogP contribution in [0.4, 0.5) is 0 Å². The number of aryl methyl sites for hydroxylation is 2. The van der Waals surface area contributed by atoms with Gasteiger partial charge in [-0.1, -0.05) is 0 Å². The fraction of sp³-hybridized carbons (Fsp3) is 0.714. The molecule has 0 amide bonds. The maximum atomic E-state index is 5.85. The summed E-state index contributed by atoms with van der Waals surface area (Å²) >= 11 is 1.81. The zero-order valence-electron chi connectivity index (χ0n) is 12.5. The molecule has 0 unspecified atom stereocenters. The second-order valence-corrected chi connectivity index (χ2v) is 8.25. The highest BCUT2D eigenvalue weighted by Crippen LogP contribution is 2.21. The highest BCUT2D eigenvalue weighted by Gasteiger charge is 2.39. The van der Waals surface area contributed by atoms with Crippen molar-refractivity contribution in [3.05, 3.63) is 21.9 Å². The van der Waals surface area contributed by atoms with Crippen molar-refractivity contribution in [1.29, 1.82) is 0 Å². The lowest BCUT2D eigenvalue weighted by Crippen LogP contribution is -2.46. The Kier molecular flexibility index (Phi) is 7.86. The molecule has 0 aliphatic carbocycles. The molecule has 1 heterocycles. The standard InChI is InChI=1S/C14H26O3SSi/c1-5-15-19(16-6-2,17-7-3)10-8-9-14-11-13(4)18-12-14/h11-12H,5-10H2,1-4H3. The van der Waals surface area contributed by atoms with Gasteiger partial charge < -0.3 is 13.3 Å². The van der Waals surface area contributed by atoms with Gasteiger partial charge in [0.1, 0.15) is 0 Å². The van der Waals surface area contributed by atoms with E-state index < -0.39 is 8.80 Å². The van der Waals surface area contributed by atoms with Gasteiger partial charge in [-0.3, -0.25) is 0 Å². The van der Waals surface area contributed by atoms with Gasteiger partial charge in [-0.2, -0.15) is 0 Å². The summed E-state index contributed by atoms with van der Waals surface area (Å²) in [6.07, 6.45) is 2.13. The SMILES string of the molecule is CCO[Si](CCCc1csc(C)c1)(OCC)OCC. The zero-order chi connectivity index (χ0) is 14.1. The maximum absolute atomic E-state index is 5.85. The van der Waals surface area contributed by atoms with Crippen LogP contribution < -0.4 is 0 Å². The monoisotopic (exact) mass is 302 g/mol. The Morgan fingerprint density at radius 2 is 1.63 bits per heavy atom. The van der Waals surface area contributed by atoms with Crippen LogP contribution in [0.3, 0.4) is 0 Å². The highest BCUT2D eigenvalue weighted by molar-refractivity contribution is 7.10. The van der Waals surface area contributed by atoms with Crippen LogP contribution >= 0.6 is 11.3 Å². The first-order valence-electron chi connectivity index (χ1n) is 7.11. The summed E-state index contributed by atoms with van der Waals surface area (Å²) in [5, 5.41) is 2.24. The van der Waals surface area contributed by atoms with Crippen LogP contribution in [0.25, 0.3) is 0 Å². The summed E-state index contributed by atoms with van der Waals surface area (Å²) in [7, 11) is -2.44. The second-order valence-electron chi connectivity index (χ2n) is 4.40. The minimum Gasteiger partial charge on any atom is -0.374 e. The van der Waals surface area contributed by atoms with Crippen molar-refractivity contribution in [3.8, 4) is 0 Å². The third-order valence-electron chi connectivity index (χ3n) is 2.83. The molecule has 0 aliphatic rings. The predicted octanol–water partition coefficient (Wildman–Crippen LogP) is 4.04. The summed E-state index contributed by atoms with van der Waals surface area (Å²) < 4.78 is 17.6. The Hall–Kier alpha value is -0.203. The van der Waals surface area contributed by atoms with Gasteiger partial charge in [0, 0.05) is 30.7 Å². The van der Waals surface area contributed by atoms with Crippen molar-refractivity contribution in [2.45, 2.75) is 46.6 Å². The van der Waals surface area contributed by atoms with Gasteiger partial charge in [-0.05, 0) is 57.5 Å². The molecule has 5 heteroatoms. The van der Waals surface area contributed by atoms with Crippen LogP contribution in [0.15, 0.2) is 11.4 Å². The molecule has 1 aromatic rings. The molecule has 0 spiro atoms. The molecule has 0 fully saturated rings. The lowest BCUT2D eigenvalue weighted by atomic mass is 10.2. The minimum atomic E-state index is -2.44. The van der Waals surface area contributed by atoms with Crippen molar-refractivity contribution in [1.82, 2.24) is 0 Å². The van der Waals surface area contributed by atoms with E-state index in [0.29, 0.717) is 19.8 Å². The predicted molar refractivity (Wildman–Crippen MR) is 82.8 cm³/mol. The lowest BCUT2D eigenvalue weighted by molar-refractivity contribution is 0.0708. The summed E-state index contributed by atoms with van der Waals surface area (Å²) in [6, 6.07) is 3.16. The molecule has 0 radical (unpaired) electrons. The molecule has 0 atom stereocenters. The number of thiophene rings is 1. The van der Waals surface area contributed by atoms with E-state index in [4.69, 9.17) is 13.3 Å². The van der Waals surface area contributed by atoms with E-state index in [-0.39, 0.29) is 0 Å². The molecule has 0 saturated carbocycles. The van der Waals surface area contributed by atoms with Gasteiger partial charge in [0.25, 0.3) is 0 Å². The summed E-state index contributed by atoms with van der Waals surface area (Å²) in [4.78, 5) is 1.37. The van der Waals surface area contributed by atoms with Crippen LogP contribution in [0.5, 0.6) is 0 Å². The van der Waals surface area contributed by atoms with Crippen LogP contribution in [0, 0.1) is 6.92 Å². The van der Waals surface area contributed by atoms with Crippen molar-refractivity contribution < 1.29 is 13.3 Å². The molecule has 1 aromatic heterocycles. The van der Waals surface area contributed by atoms with Crippen molar-refractivity contribution in [3.63, 3.8) is 0 Å². The van der Waals surface area contributed by atoms with Crippen LogP contribution in [0.1, 0.15) is 37.6 Å². The topological polar surface area (TPSA) is 27.7 Å². The first kappa shape index (κ1) is 16.9. The van der Waals surface area contributed by atoms with Gasteiger partial charge in [0.15, 0.2) is 0 Å². The van der Waals surface area contributed by atoms with E-state index in [9.17, 15) is 0 Å². The first-order valence-corrected chi connectivity index (χ1v) is 9.92. The Morgan fingerprint density at radius 3 is 2.05 bits per heavy atom. The first-order chi connectivity index (χ1) is 9.15. The Balaban J connectivity index is 2.50. The van der Waals surface area contributed by atoms with Crippen LogP contribution in [0.2, 0.25) is 6.04 Å². The minimum absolute atomic E-state index is 0.657. The third-order valence-corrected chi connectivity index (χ3v) is 6.89. The molecule has 0 aromatic carbocycles. The Morgan fingerprint density at radius 1 is 1.05 bits per heavy atom. The number of rotatable bonds is 10. The fourth-order valence-corrected chi connectivity index (χ4v) is 5.49. The van der Waals surface area contributed by atoms with Gasteiger partial charge in [0.2, 0.25) is 0 Å². The number of hydrogen-bond donors (Lipinski definition) is 0. The van der Waals surface area contributed by atoms with Crippen LogP contribution in [-0.4, -0.2) is 28.6 Å². The molecule has 110 valence electrons. The Labute approximate surface area is 122 Å². The largest absolute Gasteiger partial charge is 0.500 e. The van der Waals surface area contributed by atoms with Crippen molar-refractivity contribution in [2.24, 2.45) is 0 Å². The smallest absolute Gasteiger partial charge is 0.374 e. The van der Waals surface area contributed by atoms with Crippen LogP contribution in [-0.2, 0) is 19.7 Å². The molecule has 0 aliphatic heterocycles. The highest BCUT2D eigenvalue weighted by atomic mass is 32.1. The molecule has 3 nitrogen and oxygen atoms in total. The molecule has 1 rings (SSSR count). The van der Waals surface area contributed by atoms with E-state index in [1.807, 2.05) is 32.1 Å². The van der Waals surface area contributed by atoms with E-state index in [1.165, 1.54) is 10.4 Å². The second kappa shape index (κ2) is 8.87. The fourth-order valence-electron chi connectivity index (χ4n) is 2.14. The molecular formula is C14H26O3SSi. The summed E-state index contributed by atoms with van der Waals surface area (Å²) in [5.41, 5.74) is 1.41.